The van der Waals surface area contributed by atoms with Gasteiger partial charge in [-0.2, -0.15) is 0 Å². The first-order valence-electron chi connectivity index (χ1n) is 8.47. The number of thiophene rings is 1. The molecule has 4 nitrogen and oxygen atoms in total. The second-order valence-electron chi connectivity index (χ2n) is 6.20. The Labute approximate surface area is 160 Å². The maximum atomic E-state index is 12.5. The number of benzene rings is 2. The second-order valence-corrected chi connectivity index (χ2v) is 7.15. The zero-order chi connectivity index (χ0) is 18.8. The number of carbonyl (C=O) groups excluding carboxylic acids is 2. The summed E-state index contributed by atoms with van der Waals surface area (Å²) in [6, 6.07) is 16.2. The van der Waals surface area contributed by atoms with Gasteiger partial charge in [0.1, 0.15) is 11.5 Å². The lowest BCUT2D eigenvalue weighted by Crippen LogP contribution is -2.11. The fraction of sp³-hybridized carbons (Fsp3) is 0.0909. The number of hydrogen-bond acceptors (Lipinski definition) is 5. The second kappa shape index (κ2) is 7.21. The number of ketones is 1. The quantitative estimate of drug-likeness (QED) is 0.372. The van der Waals surface area contributed by atoms with Crippen LogP contribution in [0.4, 0.5) is 0 Å². The van der Waals surface area contributed by atoms with Gasteiger partial charge in [-0.05, 0) is 41.6 Å². The molecule has 0 spiro atoms. The summed E-state index contributed by atoms with van der Waals surface area (Å²) >= 11 is 1.55. The molecule has 134 valence electrons. The highest BCUT2D eigenvalue weighted by Crippen LogP contribution is 2.35. The largest absolute Gasteiger partial charge is 0.452 e. The molecule has 4 rings (SSSR count). The summed E-state index contributed by atoms with van der Waals surface area (Å²) in [6.07, 6.45) is 1.93. The summed E-state index contributed by atoms with van der Waals surface area (Å²) in [5.74, 6) is 0.514. The van der Waals surface area contributed by atoms with Crippen LogP contribution in [0, 0.1) is 6.92 Å². The van der Waals surface area contributed by atoms with E-state index in [1.807, 2.05) is 48.7 Å². The Bertz CT molecular complexity index is 1050. The van der Waals surface area contributed by atoms with Crippen molar-refractivity contribution in [2.24, 2.45) is 0 Å². The van der Waals surface area contributed by atoms with Crippen molar-refractivity contribution in [3.8, 4) is 11.5 Å². The van der Waals surface area contributed by atoms with Crippen molar-refractivity contribution >= 4 is 29.2 Å². The van der Waals surface area contributed by atoms with Gasteiger partial charge in [0, 0.05) is 17.0 Å². The fourth-order valence-electron chi connectivity index (χ4n) is 2.81. The Hall–Kier alpha value is -3.18. The van der Waals surface area contributed by atoms with Crippen LogP contribution in [0.2, 0.25) is 0 Å². The molecule has 0 fully saturated rings. The van der Waals surface area contributed by atoms with Crippen molar-refractivity contribution < 1.29 is 19.1 Å². The van der Waals surface area contributed by atoms with Crippen LogP contribution in [0.25, 0.3) is 6.08 Å². The van der Waals surface area contributed by atoms with Gasteiger partial charge in [-0.15, -0.1) is 11.3 Å². The predicted molar refractivity (Wildman–Crippen MR) is 104 cm³/mol. The number of rotatable bonds is 4. The number of aryl methyl sites for hydroxylation is 1. The molecule has 2 heterocycles. The van der Waals surface area contributed by atoms with Crippen molar-refractivity contribution in [3.05, 3.63) is 87.3 Å². The Morgan fingerprint density at radius 3 is 2.70 bits per heavy atom. The predicted octanol–water partition coefficient (Wildman–Crippen LogP) is 4.82. The van der Waals surface area contributed by atoms with Gasteiger partial charge in [0.25, 0.3) is 0 Å². The summed E-state index contributed by atoms with van der Waals surface area (Å²) in [6.45, 7) is 1.99. The van der Waals surface area contributed by atoms with E-state index in [1.165, 1.54) is 0 Å². The Balaban J connectivity index is 1.50. The summed E-state index contributed by atoms with van der Waals surface area (Å²) in [7, 11) is 0. The van der Waals surface area contributed by atoms with Gasteiger partial charge in [-0.25, -0.2) is 0 Å². The third-order valence-corrected chi connectivity index (χ3v) is 5.19. The van der Waals surface area contributed by atoms with E-state index in [9.17, 15) is 9.59 Å². The molecule has 2 aromatic carbocycles. The van der Waals surface area contributed by atoms with E-state index < -0.39 is 0 Å². The molecule has 1 aromatic heterocycles. The number of fused-ring (bicyclic) bond motifs is 1. The lowest BCUT2D eigenvalue weighted by molar-refractivity contribution is -0.133. The molecule has 0 N–H and O–H groups in total. The zero-order valence-corrected chi connectivity index (χ0v) is 15.4. The number of ether oxygens (including phenoxy) is 2. The summed E-state index contributed by atoms with van der Waals surface area (Å²) in [5, 5.41) is 1.97. The van der Waals surface area contributed by atoms with E-state index in [0.717, 1.165) is 16.0 Å². The van der Waals surface area contributed by atoms with Crippen LogP contribution >= 0.6 is 11.3 Å². The molecule has 0 bridgehead atoms. The summed E-state index contributed by atoms with van der Waals surface area (Å²) in [4.78, 5) is 25.6. The van der Waals surface area contributed by atoms with Crippen LogP contribution in [0.1, 0.15) is 26.4 Å². The van der Waals surface area contributed by atoms with Gasteiger partial charge in [0.2, 0.25) is 5.78 Å². The number of esters is 1. The minimum atomic E-state index is -0.365. The normalized spacial score (nSPS) is 14.1. The molecular formula is C22H16O4S. The van der Waals surface area contributed by atoms with Crippen LogP contribution in [0.3, 0.4) is 0 Å². The highest BCUT2D eigenvalue weighted by atomic mass is 32.1. The van der Waals surface area contributed by atoms with E-state index in [1.54, 1.807) is 35.6 Å². The van der Waals surface area contributed by atoms with Gasteiger partial charge in [0.05, 0.1) is 12.0 Å². The smallest absolute Gasteiger partial charge is 0.315 e. The van der Waals surface area contributed by atoms with Crippen LogP contribution in [-0.2, 0) is 11.2 Å². The van der Waals surface area contributed by atoms with Gasteiger partial charge in [0.15, 0.2) is 5.76 Å². The van der Waals surface area contributed by atoms with Crippen LogP contribution in [0.15, 0.2) is 65.7 Å². The van der Waals surface area contributed by atoms with Crippen molar-refractivity contribution in [1.29, 1.82) is 0 Å². The maximum absolute atomic E-state index is 12.5. The highest BCUT2D eigenvalue weighted by molar-refractivity contribution is 7.11. The molecule has 0 atom stereocenters. The zero-order valence-electron chi connectivity index (χ0n) is 14.6. The molecule has 3 aromatic rings. The van der Waals surface area contributed by atoms with Crippen LogP contribution in [0.5, 0.6) is 11.5 Å². The first-order valence-corrected chi connectivity index (χ1v) is 9.35. The third-order valence-electron chi connectivity index (χ3n) is 4.23. The molecule has 1 aliphatic heterocycles. The van der Waals surface area contributed by atoms with Crippen LogP contribution < -0.4 is 9.47 Å². The van der Waals surface area contributed by atoms with E-state index in [0.29, 0.717) is 17.1 Å². The van der Waals surface area contributed by atoms with Gasteiger partial charge >= 0.3 is 5.97 Å². The number of Topliss-reactive ketones (excluding diaryl/α,β-unsaturated/α-hetero) is 1. The molecule has 0 amide bonds. The molecule has 0 saturated heterocycles. The number of allylic oxidation sites excluding steroid dienone is 1. The minimum Gasteiger partial charge on any atom is -0.452 e. The minimum absolute atomic E-state index is 0.167. The Kier molecular flexibility index (Phi) is 4.60. The topological polar surface area (TPSA) is 52.6 Å². The van der Waals surface area contributed by atoms with Gasteiger partial charge < -0.3 is 9.47 Å². The highest BCUT2D eigenvalue weighted by Gasteiger charge is 2.28. The molecule has 27 heavy (non-hydrogen) atoms. The van der Waals surface area contributed by atoms with E-state index in [-0.39, 0.29) is 23.9 Å². The maximum Gasteiger partial charge on any atom is 0.315 e. The van der Waals surface area contributed by atoms with Crippen molar-refractivity contribution in [1.82, 2.24) is 0 Å². The molecule has 5 heteroatoms. The van der Waals surface area contributed by atoms with E-state index in [2.05, 4.69) is 0 Å². The SMILES string of the molecule is Cc1ccsc1/C=C1\Oc2cc(OC(=O)Cc3ccccc3)ccc2C1=O. The molecule has 0 radical (unpaired) electrons. The van der Waals surface area contributed by atoms with Gasteiger partial charge in [-0.1, -0.05) is 30.3 Å². The molecule has 0 unspecified atom stereocenters. The standard InChI is InChI=1S/C22H16O4S/c1-14-9-10-27-20(14)13-19-22(24)17-8-7-16(12-18(17)26-19)25-21(23)11-15-5-3-2-4-6-15/h2-10,12-13H,11H2,1H3/b19-13-. The average Bonchev–Trinajstić information content (AvgIpc) is 3.19. The Morgan fingerprint density at radius 1 is 1.15 bits per heavy atom. The van der Waals surface area contributed by atoms with Crippen molar-refractivity contribution in [2.45, 2.75) is 13.3 Å². The molecule has 1 aliphatic rings. The van der Waals surface area contributed by atoms with Crippen molar-refractivity contribution in [3.63, 3.8) is 0 Å². The molecular weight excluding hydrogens is 360 g/mol. The summed E-state index contributed by atoms with van der Waals surface area (Å²) in [5.41, 5.74) is 2.44. The molecule has 0 saturated carbocycles. The lowest BCUT2D eigenvalue weighted by atomic mass is 10.1. The molecule has 0 aliphatic carbocycles. The first-order chi connectivity index (χ1) is 13.1. The van der Waals surface area contributed by atoms with E-state index >= 15 is 0 Å². The van der Waals surface area contributed by atoms with Crippen molar-refractivity contribution in [2.75, 3.05) is 0 Å². The van der Waals surface area contributed by atoms with Crippen LogP contribution in [-0.4, -0.2) is 11.8 Å². The number of hydrogen-bond donors (Lipinski definition) is 0. The fourth-order valence-corrected chi connectivity index (χ4v) is 3.66. The van der Waals surface area contributed by atoms with E-state index in [4.69, 9.17) is 9.47 Å². The summed E-state index contributed by atoms with van der Waals surface area (Å²) < 4.78 is 11.1. The monoisotopic (exact) mass is 376 g/mol. The van der Waals surface area contributed by atoms with Gasteiger partial charge in [-0.3, -0.25) is 9.59 Å². The average molecular weight is 376 g/mol. The Morgan fingerprint density at radius 2 is 1.96 bits per heavy atom. The first kappa shape index (κ1) is 17.2. The lowest BCUT2D eigenvalue weighted by Gasteiger charge is -2.05. The third kappa shape index (κ3) is 3.68. The number of carbonyl (C=O) groups is 2.